The summed E-state index contributed by atoms with van der Waals surface area (Å²) in [4.78, 5) is 9.80. The van der Waals surface area contributed by atoms with Crippen LogP contribution in [0.2, 0.25) is 0 Å². The van der Waals surface area contributed by atoms with Crippen molar-refractivity contribution in [3.8, 4) is 6.07 Å². The van der Waals surface area contributed by atoms with Gasteiger partial charge in [0.05, 0.1) is 21.7 Å². The van der Waals surface area contributed by atoms with Crippen LogP contribution in [0.5, 0.6) is 0 Å². The number of rotatable bonds is 8. The van der Waals surface area contributed by atoms with E-state index in [0.29, 0.717) is 12.0 Å². The van der Waals surface area contributed by atoms with Crippen LogP contribution in [0.25, 0.3) is 10.2 Å². The number of thiazole rings is 1. The molecule has 4 nitrogen and oxygen atoms in total. The van der Waals surface area contributed by atoms with Crippen molar-refractivity contribution in [2.75, 3.05) is 31.6 Å². The summed E-state index contributed by atoms with van der Waals surface area (Å²) in [7, 11) is 2.20. The van der Waals surface area contributed by atoms with Gasteiger partial charge in [0.1, 0.15) is 0 Å². The first-order valence-corrected chi connectivity index (χ1v) is 12.6. The molecule has 0 spiro atoms. The fourth-order valence-corrected chi connectivity index (χ4v) is 6.03. The van der Waals surface area contributed by atoms with Crippen molar-refractivity contribution in [3.05, 3.63) is 60.2 Å². The fraction of sp³-hybridized carbons (Fsp3) is 0.481. The molecule has 0 amide bonds. The van der Waals surface area contributed by atoms with Gasteiger partial charge in [-0.1, -0.05) is 67.6 Å². The maximum absolute atomic E-state index is 10.1. The molecule has 32 heavy (non-hydrogen) atoms. The second kappa shape index (κ2) is 10.0. The van der Waals surface area contributed by atoms with Crippen LogP contribution >= 0.6 is 11.3 Å². The molecule has 1 aliphatic rings. The minimum Gasteiger partial charge on any atom is -0.348 e. The van der Waals surface area contributed by atoms with E-state index in [-0.39, 0.29) is 0 Å². The van der Waals surface area contributed by atoms with E-state index in [1.807, 2.05) is 6.07 Å². The first-order chi connectivity index (χ1) is 15.5. The van der Waals surface area contributed by atoms with Crippen molar-refractivity contribution in [2.24, 2.45) is 5.92 Å². The van der Waals surface area contributed by atoms with Crippen LogP contribution in [0.15, 0.2) is 54.6 Å². The summed E-state index contributed by atoms with van der Waals surface area (Å²) in [6.45, 7) is 7.67. The number of likely N-dealkylation sites (tertiary alicyclic amines) is 1. The second-order valence-electron chi connectivity index (χ2n) is 9.36. The number of para-hydroxylation sites is 1. The molecule has 0 bridgehead atoms. The number of hydrogen-bond acceptors (Lipinski definition) is 5. The van der Waals surface area contributed by atoms with E-state index in [2.05, 4.69) is 85.3 Å². The van der Waals surface area contributed by atoms with Gasteiger partial charge in [-0.3, -0.25) is 0 Å². The van der Waals surface area contributed by atoms with Gasteiger partial charge in [0, 0.05) is 26.2 Å². The molecule has 1 aromatic heterocycles. The predicted molar refractivity (Wildman–Crippen MR) is 135 cm³/mol. The number of hydrogen-bond donors (Lipinski definition) is 0. The number of benzene rings is 2. The molecule has 0 N–H and O–H groups in total. The Morgan fingerprint density at radius 1 is 1.12 bits per heavy atom. The van der Waals surface area contributed by atoms with Crippen LogP contribution in [0.1, 0.15) is 45.1 Å². The summed E-state index contributed by atoms with van der Waals surface area (Å²) in [6.07, 6.45) is 4.30. The van der Waals surface area contributed by atoms with Gasteiger partial charge in [0.25, 0.3) is 0 Å². The molecule has 1 aliphatic heterocycles. The van der Waals surface area contributed by atoms with E-state index in [9.17, 15) is 5.26 Å². The Labute approximate surface area is 196 Å². The summed E-state index contributed by atoms with van der Waals surface area (Å²) < 4.78 is 1.26. The summed E-state index contributed by atoms with van der Waals surface area (Å²) in [6, 6.07) is 22.0. The van der Waals surface area contributed by atoms with Gasteiger partial charge in [0.2, 0.25) is 0 Å². The molecule has 0 saturated carbocycles. The van der Waals surface area contributed by atoms with Gasteiger partial charge < -0.3 is 9.80 Å². The van der Waals surface area contributed by atoms with Crippen LogP contribution in [0.4, 0.5) is 5.13 Å². The van der Waals surface area contributed by atoms with Crippen LogP contribution in [-0.2, 0) is 5.41 Å². The van der Waals surface area contributed by atoms with E-state index >= 15 is 0 Å². The molecule has 2 heterocycles. The monoisotopic (exact) mass is 446 g/mol. The van der Waals surface area contributed by atoms with Crippen molar-refractivity contribution in [1.29, 1.82) is 5.26 Å². The molecular formula is C27H34N4S. The Morgan fingerprint density at radius 3 is 2.47 bits per heavy atom. The minimum atomic E-state index is -0.396. The van der Waals surface area contributed by atoms with Crippen molar-refractivity contribution in [1.82, 2.24) is 9.88 Å². The zero-order chi connectivity index (χ0) is 22.6. The number of nitrogens with zero attached hydrogens (tertiary/aromatic N) is 4. The van der Waals surface area contributed by atoms with Gasteiger partial charge in [0.15, 0.2) is 5.13 Å². The average molecular weight is 447 g/mol. The number of nitriles is 1. The summed E-state index contributed by atoms with van der Waals surface area (Å²) in [5.74, 6) is 0.295. The highest BCUT2D eigenvalue weighted by Gasteiger charge is 2.35. The molecule has 1 saturated heterocycles. The van der Waals surface area contributed by atoms with E-state index in [1.54, 1.807) is 11.3 Å². The fourth-order valence-electron chi connectivity index (χ4n) is 5.03. The van der Waals surface area contributed by atoms with E-state index in [4.69, 9.17) is 4.98 Å². The Balaban J connectivity index is 1.30. The lowest BCUT2D eigenvalue weighted by atomic mass is 9.70. The predicted octanol–water partition coefficient (Wildman–Crippen LogP) is 6.09. The molecule has 4 rings (SSSR count). The average Bonchev–Trinajstić information content (AvgIpc) is 3.27. The lowest BCUT2D eigenvalue weighted by Gasteiger charge is -2.37. The van der Waals surface area contributed by atoms with Crippen LogP contribution in [-0.4, -0.2) is 42.6 Å². The SMILES string of the molecule is CC(C)C(C#N)(CCCN1CCC(N(C)c2nc3ccccc3s2)CC1)c1ccccc1. The van der Waals surface area contributed by atoms with Crippen LogP contribution in [0.3, 0.4) is 0 Å². The van der Waals surface area contributed by atoms with Gasteiger partial charge in [-0.15, -0.1) is 0 Å². The second-order valence-corrected chi connectivity index (χ2v) is 10.4. The molecule has 1 atom stereocenters. The quantitative estimate of drug-likeness (QED) is 0.420. The molecule has 2 aromatic carbocycles. The lowest BCUT2D eigenvalue weighted by Crippen LogP contribution is -2.44. The van der Waals surface area contributed by atoms with Gasteiger partial charge in [-0.2, -0.15) is 5.26 Å². The largest absolute Gasteiger partial charge is 0.348 e. The molecule has 5 heteroatoms. The highest BCUT2D eigenvalue weighted by Crippen LogP contribution is 2.37. The van der Waals surface area contributed by atoms with Crippen molar-refractivity contribution >= 4 is 26.7 Å². The third-order valence-electron chi connectivity index (χ3n) is 7.21. The standard InChI is InChI=1S/C27H34N4S/c1-21(2)27(20-28,22-10-5-4-6-11-22)16-9-17-31-18-14-23(15-19-31)30(3)26-29-24-12-7-8-13-25(24)32-26/h4-8,10-13,21,23H,9,14-19H2,1-3H3. The van der Waals surface area contributed by atoms with Gasteiger partial charge in [-0.05, 0) is 55.8 Å². The third kappa shape index (κ3) is 4.67. The zero-order valence-corrected chi connectivity index (χ0v) is 20.3. The highest BCUT2D eigenvalue weighted by molar-refractivity contribution is 7.22. The maximum Gasteiger partial charge on any atom is 0.186 e. The minimum absolute atomic E-state index is 0.295. The van der Waals surface area contributed by atoms with E-state index in [1.165, 1.54) is 17.5 Å². The molecular weight excluding hydrogens is 412 g/mol. The smallest absolute Gasteiger partial charge is 0.186 e. The molecule has 168 valence electrons. The first-order valence-electron chi connectivity index (χ1n) is 11.8. The van der Waals surface area contributed by atoms with Gasteiger partial charge >= 0.3 is 0 Å². The molecule has 1 fully saturated rings. The van der Waals surface area contributed by atoms with Crippen molar-refractivity contribution < 1.29 is 0 Å². The van der Waals surface area contributed by atoms with Gasteiger partial charge in [-0.25, -0.2) is 4.98 Å². The third-order valence-corrected chi connectivity index (χ3v) is 8.34. The topological polar surface area (TPSA) is 43.2 Å². The Kier molecular flexibility index (Phi) is 7.13. The number of fused-ring (bicyclic) bond motifs is 1. The molecule has 0 radical (unpaired) electrons. The number of piperidine rings is 1. The normalized spacial score (nSPS) is 17.3. The highest BCUT2D eigenvalue weighted by atomic mass is 32.1. The number of aromatic nitrogens is 1. The maximum atomic E-state index is 10.1. The summed E-state index contributed by atoms with van der Waals surface area (Å²) >= 11 is 1.79. The lowest BCUT2D eigenvalue weighted by molar-refractivity contribution is 0.200. The van der Waals surface area contributed by atoms with Crippen molar-refractivity contribution in [2.45, 2.75) is 51.0 Å². The number of anilines is 1. The summed E-state index contributed by atoms with van der Waals surface area (Å²) in [5.41, 5.74) is 1.86. The van der Waals surface area contributed by atoms with E-state index < -0.39 is 5.41 Å². The first kappa shape index (κ1) is 22.8. The zero-order valence-electron chi connectivity index (χ0n) is 19.5. The molecule has 3 aromatic rings. The van der Waals surface area contributed by atoms with Crippen LogP contribution in [0, 0.1) is 17.2 Å². The van der Waals surface area contributed by atoms with E-state index in [0.717, 1.165) is 48.7 Å². The van der Waals surface area contributed by atoms with Crippen LogP contribution < -0.4 is 4.90 Å². The molecule has 1 unspecified atom stereocenters. The Morgan fingerprint density at radius 2 is 1.81 bits per heavy atom. The van der Waals surface area contributed by atoms with Crippen molar-refractivity contribution in [3.63, 3.8) is 0 Å². The molecule has 0 aliphatic carbocycles. The summed E-state index contributed by atoms with van der Waals surface area (Å²) in [5, 5.41) is 11.2. The Hall–Kier alpha value is -2.42. The Bertz CT molecular complexity index is 1010.